The third-order valence-corrected chi connectivity index (χ3v) is 2.45. The van der Waals surface area contributed by atoms with Crippen molar-refractivity contribution in [2.75, 3.05) is 0 Å². The lowest BCUT2D eigenvalue weighted by Gasteiger charge is -2.22. The van der Waals surface area contributed by atoms with Crippen molar-refractivity contribution in [3.05, 3.63) is 12.2 Å². The predicted octanol–water partition coefficient (Wildman–Crippen LogP) is 2.92. The fourth-order valence-corrected chi connectivity index (χ4v) is 1.46. The maximum Gasteiger partial charge on any atom is 0.158 e. The summed E-state index contributed by atoms with van der Waals surface area (Å²) in [5.74, 6) is 0.240. The third kappa shape index (κ3) is 3.44. The molecule has 0 radical (unpaired) electrons. The molecule has 2 heteroatoms. The molecule has 0 unspecified atom stereocenters. The van der Waals surface area contributed by atoms with Gasteiger partial charge in [0.2, 0.25) is 0 Å². The van der Waals surface area contributed by atoms with Gasteiger partial charge in [-0.2, -0.15) is 0 Å². The fraction of sp³-hybridized carbons (Fsp3) is 0.667. The molecule has 0 spiro atoms. The van der Waals surface area contributed by atoms with E-state index in [0.717, 1.165) is 0 Å². The van der Waals surface area contributed by atoms with Gasteiger partial charge in [0, 0.05) is 18.3 Å². The van der Waals surface area contributed by atoms with Gasteiger partial charge in [-0.25, -0.2) is 0 Å². The lowest BCUT2D eigenvalue weighted by molar-refractivity contribution is -0.126. The van der Waals surface area contributed by atoms with Crippen LogP contribution in [-0.2, 0) is 9.59 Å². The van der Waals surface area contributed by atoms with Crippen LogP contribution in [0.5, 0.6) is 0 Å². The van der Waals surface area contributed by atoms with E-state index in [9.17, 15) is 9.59 Å². The van der Waals surface area contributed by atoms with Gasteiger partial charge in [-0.1, -0.05) is 34.3 Å². The maximum absolute atomic E-state index is 11.5. The molecule has 0 amide bonds. The molecule has 0 rings (SSSR count). The van der Waals surface area contributed by atoms with Crippen molar-refractivity contribution in [3.63, 3.8) is 0 Å². The molecule has 0 heterocycles. The lowest BCUT2D eigenvalue weighted by Crippen LogP contribution is -2.25. The first-order valence-corrected chi connectivity index (χ1v) is 5.09. The number of hydrogen-bond acceptors (Lipinski definition) is 2. The first-order chi connectivity index (χ1) is 6.35. The van der Waals surface area contributed by atoms with Gasteiger partial charge in [-0.15, -0.1) is 0 Å². The highest BCUT2D eigenvalue weighted by atomic mass is 16.1. The zero-order chi connectivity index (χ0) is 11.4. The van der Waals surface area contributed by atoms with Crippen LogP contribution in [0.25, 0.3) is 0 Å². The van der Waals surface area contributed by atoms with E-state index in [2.05, 4.69) is 6.58 Å². The van der Waals surface area contributed by atoms with Gasteiger partial charge in [0.1, 0.15) is 5.78 Å². The van der Waals surface area contributed by atoms with E-state index in [1.165, 1.54) is 0 Å². The van der Waals surface area contributed by atoms with Gasteiger partial charge < -0.3 is 0 Å². The molecular formula is C12H20O2. The largest absolute Gasteiger partial charge is 0.299 e. The standard InChI is InChI=1S/C12H20O2/c1-6-10(13)9(3)8-12(4,5)11(14)7-2/h3,6-8H2,1-2,4-5H3. The summed E-state index contributed by atoms with van der Waals surface area (Å²) in [4.78, 5) is 22.8. The van der Waals surface area contributed by atoms with Crippen LogP contribution in [0.1, 0.15) is 47.0 Å². The Morgan fingerprint density at radius 2 is 1.64 bits per heavy atom. The second-order valence-corrected chi connectivity index (χ2v) is 4.22. The first-order valence-electron chi connectivity index (χ1n) is 5.09. The summed E-state index contributed by atoms with van der Waals surface area (Å²) < 4.78 is 0. The molecule has 0 fully saturated rings. The van der Waals surface area contributed by atoms with Crippen molar-refractivity contribution < 1.29 is 9.59 Å². The molecule has 0 saturated heterocycles. The molecule has 0 N–H and O–H groups in total. The molecule has 0 bridgehead atoms. The Bertz CT molecular complexity index is 249. The number of Topliss-reactive ketones (excluding diaryl/α,β-unsaturated/α-hetero) is 2. The van der Waals surface area contributed by atoms with Crippen molar-refractivity contribution in [2.24, 2.45) is 5.41 Å². The van der Waals surface area contributed by atoms with Crippen LogP contribution < -0.4 is 0 Å². The number of ketones is 2. The summed E-state index contributed by atoms with van der Waals surface area (Å²) in [6.45, 7) is 11.1. The Hall–Kier alpha value is -0.920. The molecule has 0 aliphatic rings. The van der Waals surface area contributed by atoms with E-state index < -0.39 is 5.41 Å². The van der Waals surface area contributed by atoms with Crippen molar-refractivity contribution in [1.29, 1.82) is 0 Å². The second kappa shape index (κ2) is 5.08. The molecule has 0 aromatic heterocycles. The van der Waals surface area contributed by atoms with Crippen molar-refractivity contribution in [3.8, 4) is 0 Å². The van der Waals surface area contributed by atoms with Crippen LogP contribution >= 0.6 is 0 Å². The average molecular weight is 196 g/mol. The van der Waals surface area contributed by atoms with Gasteiger partial charge in [-0.3, -0.25) is 9.59 Å². The van der Waals surface area contributed by atoms with E-state index in [4.69, 9.17) is 0 Å². The Kier molecular flexibility index (Phi) is 4.75. The summed E-state index contributed by atoms with van der Waals surface area (Å²) in [5.41, 5.74) is 0.121. The SMILES string of the molecule is C=C(CC(C)(C)C(=O)CC)C(=O)CC. The van der Waals surface area contributed by atoms with Crippen molar-refractivity contribution in [2.45, 2.75) is 47.0 Å². The Morgan fingerprint density at radius 1 is 1.14 bits per heavy atom. The second-order valence-electron chi connectivity index (χ2n) is 4.22. The molecule has 0 aliphatic heterocycles. The van der Waals surface area contributed by atoms with E-state index >= 15 is 0 Å². The highest BCUT2D eigenvalue weighted by Crippen LogP contribution is 2.27. The molecule has 80 valence electrons. The fourth-order valence-electron chi connectivity index (χ4n) is 1.46. The Balaban J connectivity index is 4.44. The number of rotatable bonds is 6. The minimum absolute atomic E-state index is 0.0574. The molecule has 14 heavy (non-hydrogen) atoms. The minimum Gasteiger partial charge on any atom is -0.299 e. The summed E-state index contributed by atoms with van der Waals surface area (Å²) >= 11 is 0. The van der Waals surface area contributed by atoms with Gasteiger partial charge in [0.15, 0.2) is 5.78 Å². The molecule has 2 nitrogen and oxygen atoms in total. The van der Waals surface area contributed by atoms with E-state index in [1.54, 1.807) is 0 Å². The lowest BCUT2D eigenvalue weighted by atomic mass is 9.80. The number of carbonyl (C=O) groups excluding carboxylic acids is 2. The Morgan fingerprint density at radius 3 is 2.00 bits per heavy atom. The topological polar surface area (TPSA) is 34.1 Å². The molecule has 0 saturated carbocycles. The van der Waals surface area contributed by atoms with Crippen molar-refractivity contribution in [1.82, 2.24) is 0 Å². The molecule has 0 aromatic carbocycles. The number of hydrogen-bond donors (Lipinski definition) is 0. The van der Waals surface area contributed by atoms with Crippen molar-refractivity contribution >= 4 is 11.6 Å². The monoisotopic (exact) mass is 196 g/mol. The van der Waals surface area contributed by atoms with Crippen LogP contribution in [0.2, 0.25) is 0 Å². The molecule has 0 aliphatic carbocycles. The molecular weight excluding hydrogens is 176 g/mol. The van der Waals surface area contributed by atoms with Gasteiger partial charge >= 0.3 is 0 Å². The highest BCUT2D eigenvalue weighted by molar-refractivity contribution is 5.96. The van der Waals surface area contributed by atoms with Crippen LogP contribution in [0.15, 0.2) is 12.2 Å². The number of carbonyl (C=O) groups is 2. The van der Waals surface area contributed by atoms with Gasteiger partial charge in [-0.05, 0) is 12.0 Å². The molecule has 0 aromatic rings. The van der Waals surface area contributed by atoms with E-state index in [0.29, 0.717) is 24.8 Å². The minimum atomic E-state index is -0.448. The van der Waals surface area contributed by atoms with E-state index in [-0.39, 0.29) is 11.6 Å². The summed E-state index contributed by atoms with van der Waals surface area (Å²) in [6.07, 6.45) is 1.46. The van der Waals surface area contributed by atoms with Gasteiger partial charge in [0.05, 0.1) is 0 Å². The third-order valence-electron chi connectivity index (χ3n) is 2.45. The van der Waals surface area contributed by atoms with E-state index in [1.807, 2.05) is 27.7 Å². The smallest absolute Gasteiger partial charge is 0.158 e. The summed E-state index contributed by atoms with van der Waals surface area (Å²) in [6, 6.07) is 0. The average Bonchev–Trinajstić information content (AvgIpc) is 2.14. The van der Waals surface area contributed by atoms with Crippen LogP contribution in [0, 0.1) is 5.41 Å². The highest BCUT2D eigenvalue weighted by Gasteiger charge is 2.27. The molecule has 0 atom stereocenters. The maximum atomic E-state index is 11.5. The van der Waals surface area contributed by atoms with Crippen LogP contribution in [-0.4, -0.2) is 11.6 Å². The summed E-state index contributed by atoms with van der Waals surface area (Å²) in [7, 11) is 0. The Labute approximate surface area is 86.4 Å². The quantitative estimate of drug-likeness (QED) is 0.612. The van der Waals surface area contributed by atoms with Crippen LogP contribution in [0.4, 0.5) is 0 Å². The zero-order valence-corrected chi connectivity index (χ0v) is 9.64. The van der Waals surface area contributed by atoms with Gasteiger partial charge in [0.25, 0.3) is 0 Å². The summed E-state index contributed by atoms with van der Waals surface area (Å²) in [5, 5.41) is 0. The predicted molar refractivity (Wildman–Crippen MR) is 58.1 cm³/mol. The first kappa shape index (κ1) is 13.1. The van der Waals surface area contributed by atoms with Crippen LogP contribution in [0.3, 0.4) is 0 Å². The number of allylic oxidation sites excluding steroid dienone is 1. The normalized spacial score (nSPS) is 11.1. The zero-order valence-electron chi connectivity index (χ0n) is 9.64.